The molecule has 0 aliphatic heterocycles. The van der Waals surface area contributed by atoms with Gasteiger partial charge in [0.25, 0.3) is 5.91 Å². The fraction of sp³-hybridized carbons (Fsp3) is 0.227. The first-order valence-corrected chi connectivity index (χ1v) is 9.00. The number of nitrogens with one attached hydrogen (secondary N) is 2. The Morgan fingerprint density at radius 1 is 0.963 bits per heavy atom. The number of carbonyl (C=O) groups excluding carboxylic acids is 2. The summed E-state index contributed by atoms with van der Waals surface area (Å²) in [6, 6.07) is 17.5. The Bertz CT molecular complexity index is 968. The van der Waals surface area contributed by atoms with Gasteiger partial charge in [0.15, 0.2) is 0 Å². The number of rotatable bonds is 6. The number of amides is 2. The van der Waals surface area contributed by atoms with Gasteiger partial charge in [0.2, 0.25) is 5.91 Å². The molecule has 2 amide bonds. The highest BCUT2D eigenvalue weighted by Gasteiger charge is 2.12. The normalized spacial score (nSPS) is 10.6. The third-order valence-electron chi connectivity index (χ3n) is 4.38. The molecular weight excluding hydrogens is 338 g/mol. The highest BCUT2D eigenvalue weighted by molar-refractivity contribution is 5.98. The van der Waals surface area contributed by atoms with Crippen LogP contribution in [-0.2, 0) is 11.3 Å². The molecule has 0 radical (unpaired) electrons. The van der Waals surface area contributed by atoms with Gasteiger partial charge < -0.3 is 10.6 Å². The number of carbonyl (C=O) groups is 2. The van der Waals surface area contributed by atoms with Gasteiger partial charge in [-0.15, -0.1) is 0 Å². The molecule has 5 heteroatoms. The van der Waals surface area contributed by atoms with Crippen LogP contribution < -0.4 is 10.6 Å². The van der Waals surface area contributed by atoms with E-state index in [1.54, 1.807) is 0 Å². The van der Waals surface area contributed by atoms with E-state index in [0.717, 1.165) is 22.0 Å². The van der Waals surface area contributed by atoms with Crippen molar-refractivity contribution in [2.45, 2.75) is 26.8 Å². The van der Waals surface area contributed by atoms with E-state index in [1.807, 2.05) is 68.4 Å². The first-order chi connectivity index (χ1) is 13.0. The number of nitrogens with zero attached hydrogens (tertiary/aromatic N) is 1. The standard InChI is InChI=1S/C22H23N3O2/c1-15-8-9-18-13-19(16(2)25-20(18)12-15)22(27)23-11-10-21(26)24-14-17-6-4-3-5-7-17/h3-9,12-13H,10-11,14H2,1-2H3,(H,23,27)(H,24,26). The van der Waals surface area contributed by atoms with Crippen LogP contribution in [0, 0.1) is 13.8 Å². The van der Waals surface area contributed by atoms with Gasteiger partial charge in [0.05, 0.1) is 16.8 Å². The van der Waals surface area contributed by atoms with Crippen LogP contribution in [0.2, 0.25) is 0 Å². The van der Waals surface area contributed by atoms with Gasteiger partial charge in [-0.3, -0.25) is 14.6 Å². The first-order valence-electron chi connectivity index (χ1n) is 9.00. The van der Waals surface area contributed by atoms with E-state index in [0.29, 0.717) is 17.8 Å². The molecule has 0 atom stereocenters. The molecule has 2 N–H and O–H groups in total. The maximum absolute atomic E-state index is 12.5. The predicted molar refractivity (Wildman–Crippen MR) is 106 cm³/mol. The highest BCUT2D eigenvalue weighted by Crippen LogP contribution is 2.18. The second kappa shape index (κ2) is 8.45. The van der Waals surface area contributed by atoms with Crippen molar-refractivity contribution < 1.29 is 9.59 Å². The minimum Gasteiger partial charge on any atom is -0.352 e. The molecule has 1 aromatic heterocycles. The highest BCUT2D eigenvalue weighted by atomic mass is 16.2. The summed E-state index contributed by atoms with van der Waals surface area (Å²) in [6.45, 7) is 4.61. The number of hydrogen-bond donors (Lipinski definition) is 2. The number of aromatic nitrogens is 1. The molecular formula is C22H23N3O2. The summed E-state index contributed by atoms with van der Waals surface area (Å²) in [5, 5.41) is 6.58. The Labute approximate surface area is 158 Å². The summed E-state index contributed by atoms with van der Waals surface area (Å²) < 4.78 is 0. The van der Waals surface area contributed by atoms with Crippen LogP contribution in [0.1, 0.15) is 33.6 Å². The van der Waals surface area contributed by atoms with E-state index < -0.39 is 0 Å². The molecule has 138 valence electrons. The van der Waals surface area contributed by atoms with Crippen molar-refractivity contribution in [2.24, 2.45) is 0 Å². The van der Waals surface area contributed by atoms with Gasteiger partial charge in [0, 0.05) is 24.9 Å². The van der Waals surface area contributed by atoms with Crippen LogP contribution in [0.15, 0.2) is 54.6 Å². The SMILES string of the molecule is Cc1ccc2cc(C(=O)NCCC(=O)NCc3ccccc3)c(C)nc2c1. The number of fused-ring (bicyclic) bond motifs is 1. The summed E-state index contributed by atoms with van der Waals surface area (Å²) in [7, 11) is 0. The molecule has 0 aliphatic rings. The monoisotopic (exact) mass is 361 g/mol. The summed E-state index contributed by atoms with van der Waals surface area (Å²) >= 11 is 0. The van der Waals surface area contributed by atoms with E-state index >= 15 is 0 Å². The molecule has 0 saturated heterocycles. The van der Waals surface area contributed by atoms with Crippen LogP contribution in [-0.4, -0.2) is 23.3 Å². The fourth-order valence-corrected chi connectivity index (χ4v) is 2.87. The molecule has 2 aromatic carbocycles. The van der Waals surface area contributed by atoms with Crippen molar-refractivity contribution >= 4 is 22.7 Å². The van der Waals surface area contributed by atoms with Crippen LogP contribution in [0.25, 0.3) is 10.9 Å². The Balaban J connectivity index is 1.53. The molecule has 3 rings (SSSR count). The quantitative estimate of drug-likeness (QED) is 0.708. The average molecular weight is 361 g/mol. The van der Waals surface area contributed by atoms with Crippen molar-refractivity contribution in [3.8, 4) is 0 Å². The van der Waals surface area contributed by atoms with E-state index in [4.69, 9.17) is 0 Å². The Hall–Kier alpha value is -3.21. The molecule has 0 aliphatic carbocycles. The Kier molecular flexibility index (Phi) is 5.81. The van der Waals surface area contributed by atoms with Gasteiger partial charge in [-0.05, 0) is 37.1 Å². The average Bonchev–Trinajstić information content (AvgIpc) is 2.66. The van der Waals surface area contributed by atoms with Crippen molar-refractivity contribution in [3.05, 3.63) is 77.0 Å². The molecule has 0 saturated carbocycles. The van der Waals surface area contributed by atoms with Crippen LogP contribution in [0.5, 0.6) is 0 Å². The van der Waals surface area contributed by atoms with Crippen molar-refractivity contribution in [3.63, 3.8) is 0 Å². The van der Waals surface area contributed by atoms with E-state index in [1.165, 1.54) is 0 Å². The van der Waals surface area contributed by atoms with Crippen LogP contribution >= 0.6 is 0 Å². The molecule has 1 heterocycles. The maximum Gasteiger partial charge on any atom is 0.253 e. The molecule has 27 heavy (non-hydrogen) atoms. The molecule has 0 unspecified atom stereocenters. The molecule has 0 fully saturated rings. The van der Waals surface area contributed by atoms with Gasteiger partial charge in [-0.2, -0.15) is 0 Å². The number of aryl methyl sites for hydroxylation is 2. The lowest BCUT2D eigenvalue weighted by Gasteiger charge is -2.10. The summed E-state index contributed by atoms with van der Waals surface area (Å²) in [6.07, 6.45) is 0.234. The largest absolute Gasteiger partial charge is 0.352 e. The van der Waals surface area contributed by atoms with Crippen LogP contribution in [0.4, 0.5) is 0 Å². The smallest absolute Gasteiger partial charge is 0.253 e. The lowest BCUT2D eigenvalue weighted by Crippen LogP contribution is -2.31. The van der Waals surface area contributed by atoms with Gasteiger partial charge in [0.1, 0.15) is 0 Å². The van der Waals surface area contributed by atoms with Gasteiger partial charge >= 0.3 is 0 Å². The molecule has 0 bridgehead atoms. The zero-order valence-corrected chi connectivity index (χ0v) is 15.6. The van der Waals surface area contributed by atoms with Gasteiger partial charge in [-0.25, -0.2) is 0 Å². The van der Waals surface area contributed by atoms with Crippen molar-refractivity contribution in [2.75, 3.05) is 6.54 Å². The van der Waals surface area contributed by atoms with Crippen molar-refractivity contribution in [1.29, 1.82) is 0 Å². The minimum atomic E-state index is -0.210. The van der Waals surface area contributed by atoms with Crippen molar-refractivity contribution in [1.82, 2.24) is 15.6 Å². The lowest BCUT2D eigenvalue weighted by atomic mass is 10.1. The van der Waals surface area contributed by atoms with E-state index in [-0.39, 0.29) is 24.8 Å². The second-order valence-corrected chi connectivity index (χ2v) is 6.59. The second-order valence-electron chi connectivity index (χ2n) is 6.59. The predicted octanol–water partition coefficient (Wildman–Crippen LogP) is 3.29. The number of benzene rings is 2. The number of pyridine rings is 1. The summed E-state index contributed by atoms with van der Waals surface area (Å²) in [4.78, 5) is 28.9. The van der Waals surface area contributed by atoms with E-state index in [9.17, 15) is 9.59 Å². The molecule has 5 nitrogen and oxygen atoms in total. The lowest BCUT2D eigenvalue weighted by molar-refractivity contribution is -0.121. The van der Waals surface area contributed by atoms with Crippen LogP contribution in [0.3, 0.4) is 0 Å². The van der Waals surface area contributed by atoms with E-state index in [2.05, 4.69) is 15.6 Å². The first kappa shape index (κ1) is 18.6. The Morgan fingerprint density at radius 2 is 1.74 bits per heavy atom. The number of hydrogen-bond acceptors (Lipinski definition) is 3. The summed E-state index contributed by atoms with van der Waals surface area (Å²) in [5.41, 5.74) is 4.27. The zero-order valence-electron chi connectivity index (χ0n) is 15.6. The fourth-order valence-electron chi connectivity index (χ4n) is 2.87. The minimum absolute atomic E-state index is 0.0945. The Morgan fingerprint density at radius 3 is 2.52 bits per heavy atom. The maximum atomic E-state index is 12.5. The zero-order chi connectivity index (χ0) is 19.2. The summed E-state index contributed by atoms with van der Waals surface area (Å²) in [5.74, 6) is -0.304. The third kappa shape index (κ3) is 4.91. The topological polar surface area (TPSA) is 71.1 Å². The van der Waals surface area contributed by atoms with Gasteiger partial charge in [-0.1, -0.05) is 42.5 Å². The third-order valence-corrected chi connectivity index (χ3v) is 4.38. The molecule has 0 spiro atoms. The molecule has 3 aromatic rings.